The first-order valence-electron chi connectivity index (χ1n) is 5.38. The number of nitrogens with two attached hydrogens (primary N) is 1. The molecule has 1 aromatic carbocycles. The molecule has 0 spiro atoms. The molecule has 0 saturated carbocycles. The van der Waals surface area contributed by atoms with Crippen LogP contribution in [-0.2, 0) is 9.53 Å². The van der Waals surface area contributed by atoms with E-state index in [9.17, 15) is 9.59 Å². The standard InChI is InChI=1S/C12H15ClN2O3.ClH/c1-7(6-14)11(16)15-8-3-4-9(10(13)5-8)12(17)18-2;/h3-5,7H,6,14H2,1-2H3,(H,15,16);1H. The summed E-state index contributed by atoms with van der Waals surface area (Å²) in [4.78, 5) is 22.9. The fourth-order valence-corrected chi connectivity index (χ4v) is 1.50. The monoisotopic (exact) mass is 306 g/mol. The lowest BCUT2D eigenvalue weighted by molar-refractivity contribution is -0.119. The SMILES string of the molecule is COC(=O)c1ccc(NC(=O)C(C)CN)cc1Cl.Cl. The molecule has 19 heavy (non-hydrogen) atoms. The van der Waals surface area contributed by atoms with Gasteiger partial charge in [-0.05, 0) is 18.2 Å². The van der Waals surface area contributed by atoms with Gasteiger partial charge in [-0.2, -0.15) is 0 Å². The first-order valence-corrected chi connectivity index (χ1v) is 5.76. The summed E-state index contributed by atoms with van der Waals surface area (Å²) in [5, 5.41) is 2.88. The van der Waals surface area contributed by atoms with Gasteiger partial charge in [0.05, 0.1) is 17.7 Å². The van der Waals surface area contributed by atoms with Gasteiger partial charge in [-0.1, -0.05) is 18.5 Å². The van der Waals surface area contributed by atoms with Crippen molar-refractivity contribution >= 4 is 41.6 Å². The molecular weight excluding hydrogens is 291 g/mol. The van der Waals surface area contributed by atoms with E-state index in [2.05, 4.69) is 10.1 Å². The average Bonchev–Trinajstić information content (AvgIpc) is 2.37. The molecule has 7 heteroatoms. The molecule has 5 nitrogen and oxygen atoms in total. The van der Waals surface area contributed by atoms with Crippen LogP contribution >= 0.6 is 24.0 Å². The normalized spacial score (nSPS) is 11.2. The second kappa shape index (κ2) is 7.99. The number of anilines is 1. The first-order chi connectivity index (χ1) is 8.49. The maximum Gasteiger partial charge on any atom is 0.339 e. The molecule has 106 valence electrons. The summed E-state index contributed by atoms with van der Waals surface area (Å²) in [6.07, 6.45) is 0. The number of nitrogens with one attached hydrogen (secondary N) is 1. The van der Waals surface area contributed by atoms with Crippen LogP contribution in [0.2, 0.25) is 5.02 Å². The number of benzene rings is 1. The molecule has 1 aromatic rings. The van der Waals surface area contributed by atoms with Crippen LogP contribution in [0.4, 0.5) is 5.69 Å². The summed E-state index contributed by atoms with van der Waals surface area (Å²) in [7, 11) is 1.28. The minimum absolute atomic E-state index is 0. The number of hydrogen-bond acceptors (Lipinski definition) is 4. The zero-order valence-corrected chi connectivity index (χ0v) is 12.2. The van der Waals surface area contributed by atoms with E-state index < -0.39 is 5.97 Å². The topological polar surface area (TPSA) is 81.4 Å². The van der Waals surface area contributed by atoms with Crippen molar-refractivity contribution in [2.45, 2.75) is 6.92 Å². The highest BCUT2D eigenvalue weighted by molar-refractivity contribution is 6.34. The van der Waals surface area contributed by atoms with Gasteiger partial charge in [0, 0.05) is 18.2 Å². The molecule has 0 bridgehead atoms. The van der Waals surface area contributed by atoms with Gasteiger partial charge in [0.1, 0.15) is 0 Å². The highest BCUT2D eigenvalue weighted by Gasteiger charge is 2.14. The van der Waals surface area contributed by atoms with Crippen molar-refractivity contribution in [1.82, 2.24) is 0 Å². The summed E-state index contributed by atoms with van der Waals surface area (Å²) in [6, 6.07) is 4.57. The van der Waals surface area contributed by atoms with Gasteiger partial charge in [0.25, 0.3) is 0 Å². The Bertz CT molecular complexity index is 466. The third kappa shape index (κ3) is 4.70. The van der Waals surface area contributed by atoms with Crippen molar-refractivity contribution in [3.05, 3.63) is 28.8 Å². The van der Waals surface area contributed by atoms with Crippen LogP contribution in [0.15, 0.2) is 18.2 Å². The predicted octanol–water partition coefficient (Wildman–Crippen LogP) is 2.08. The molecule has 0 aliphatic rings. The van der Waals surface area contributed by atoms with E-state index >= 15 is 0 Å². The summed E-state index contributed by atoms with van der Waals surface area (Å²) in [5.41, 5.74) is 6.16. The molecule has 3 N–H and O–H groups in total. The molecule has 1 rings (SSSR count). The summed E-state index contributed by atoms with van der Waals surface area (Å²) < 4.78 is 4.57. The Hall–Kier alpha value is -1.30. The van der Waals surface area contributed by atoms with Crippen LogP contribution in [0.25, 0.3) is 0 Å². The van der Waals surface area contributed by atoms with Crippen LogP contribution < -0.4 is 11.1 Å². The zero-order chi connectivity index (χ0) is 13.7. The number of carbonyl (C=O) groups excluding carboxylic acids is 2. The second-order valence-corrected chi connectivity index (χ2v) is 4.22. The third-order valence-electron chi connectivity index (χ3n) is 2.44. The predicted molar refractivity (Wildman–Crippen MR) is 76.9 cm³/mol. The number of methoxy groups -OCH3 is 1. The molecule has 1 unspecified atom stereocenters. The van der Waals surface area contributed by atoms with Gasteiger partial charge in [-0.25, -0.2) is 4.79 Å². The molecule has 1 amide bonds. The largest absolute Gasteiger partial charge is 0.465 e. The molecule has 0 heterocycles. The van der Waals surface area contributed by atoms with Gasteiger partial charge in [-0.3, -0.25) is 4.79 Å². The number of rotatable bonds is 4. The second-order valence-electron chi connectivity index (χ2n) is 3.81. The van der Waals surface area contributed by atoms with Crippen molar-refractivity contribution in [3.63, 3.8) is 0 Å². The van der Waals surface area contributed by atoms with Gasteiger partial charge >= 0.3 is 5.97 Å². The number of ether oxygens (including phenoxy) is 1. The summed E-state index contributed by atoms with van der Waals surface area (Å²) in [5.74, 6) is -1.00. The van der Waals surface area contributed by atoms with Crippen LogP contribution in [0.1, 0.15) is 17.3 Å². The van der Waals surface area contributed by atoms with Gasteiger partial charge < -0.3 is 15.8 Å². The van der Waals surface area contributed by atoms with Crippen molar-refractivity contribution in [2.24, 2.45) is 11.7 Å². The van der Waals surface area contributed by atoms with Crippen molar-refractivity contribution in [3.8, 4) is 0 Å². The minimum Gasteiger partial charge on any atom is -0.465 e. The van der Waals surface area contributed by atoms with E-state index in [4.69, 9.17) is 17.3 Å². The molecule has 1 atom stereocenters. The van der Waals surface area contributed by atoms with Gasteiger partial charge in [0.2, 0.25) is 5.91 Å². The van der Waals surface area contributed by atoms with Crippen molar-refractivity contribution < 1.29 is 14.3 Å². The first kappa shape index (κ1) is 17.7. The quantitative estimate of drug-likeness (QED) is 0.835. The lowest BCUT2D eigenvalue weighted by Crippen LogP contribution is -2.26. The highest BCUT2D eigenvalue weighted by Crippen LogP contribution is 2.22. The summed E-state index contributed by atoms with van der Waals surface area (Å²) >= 11 is 5.92. The van der Waals surface area contributed by atoms with Crippen molar-refractivity contribution in [1.29, 1.82) is 0 Å². The van der Waals surface area contributed by atoms with E-state index in [-0.39, 0.29) is 41.4 Å². The van der Waals surface area contributed by atoms with E-state index in [1.807, 2.05) is 0 Å². The Morgan fingerprint density at radius 1 is 1.47 bits per heavy atom. The molecule has 0 aromatic heterocycles. The minimum atomic E-state index is -0.520. The fraction of sp³-hybridized carbons (Fsp3) is 0.333. The maximum absolute atomic E-state index is 11.6. The Morgan fingerprint density at radius 3 is 2.58 bits per heavy atom. The molecule has 0 saturated heterocycles. The van der Waals surface area contributed by atoms with Crippen LogP contribution in [-0.4, -0.2) is 25.5 Å². The van der Waals surface area contributed by atoms with E-state index in [0.717, 1.165) is 0 Å². The molecule has 0 radical (unpaired) electrons. The van der Waals surface area contributed by atoms with Gasteiger partial charge in [-0.15, -0.1) is 12.4 Å². The number of amides is 1. The highest BCUT2D eigenvalue weighted by atomic mass is 35.5. The Labute approximate surface area is 122 Å². The maximum atomic E-state index is 11.6. The Kier molecular flexibility index (Phi) is 7.44. The van der Waals surface area contributed by atoms with E-state index in [1.165, 1.54) is 19.2 Å². The number of esters is 1. The molecule has 0 aliphatic heterocycles. The lowest BCUT2D eigenvalue weighted by atomic mass is 10.1. The van der Waals surface area contributed by atoms with Crippen LogP contribution in [0, 0.1) is 5.92 Å². The summed E-state index contributed by atoms with van der Waals surface area (Å²) in [6.45, 7) is 1.99. The number of carbonyl (C=O) groups is 2. The molecule has 0 aliphatic carbocycles. The fourth-order valence-electron chi connectivity index (χ4n) is 1.24. The number of hydrogen-bond donors (Lipinski definition) is 2. The Balaban J connectivity index is 0.00000324. The smallest absolute Gasteiger partial charge is 0.339 e. The Morgan fingerprint density at radius 2 is 2.11 bits per heavy atom. The molecule has 0 fully saturated rings. The molecular formula is C12H16Cl2N2O3. The average molecular weight is 307 g/mol. The van der Waals surface area contributed by atoms with E-state index in [1.54, 1.807) is 13.0 Å². The lowest BCUT2D eigenvalue weighted by Gasteiger charge is -2.11. The van der Waals surface area contributed by atoms with Gasteiger partial charge in [0.15, 0.2) is 0 Å². The zero-order valence-electron chi connectivity index (χ0n) is 10.6. The van der Waals surface area contributed by atoms with Crippen molar-refractivity contribution in [2.75, 3.05) is 19.0 Å². The van der Waals surface area contributed by atoms with E-state index in [0.29, 0.717) is 5.69 Å². The van der Waals surface area contributed by atoms with Crippen LogP contribution in [0.3, 0.4) is 0 Å². The third-order valence-corrected chi connectivity index (χ3v) is 2.76. The number of halogens is 2. The van der Waals surface area contributed by atoms with Crippen LogP contribution in [0.5, 0.6) is 0 Å².